The van der Waals surface area contributed by atoms with E-state index in [0.717, 1.165) is 30.0 Å². The molecular weight excluding hydrogens is 302 g/mol. The maximum Gasteiger partial charge on any atom is 0.227 e. The second kappa shape index (κ2) is 7.45. The Kier molecular flexibility index (Phi) is 5.11. The Hall–Kier alpha value is -2.40. The van der Waals surface area contributed by atoms with Gasteiger partial charge in [0, 0.05) is 24.8 Å². The predicted octanol–water partition coefficient (Wildman–Crippen LogP) is 3.81. The number of rotatable bonds is 4. The maximum atomic E-state index is 12.2. The van der Waals surface area contributed by atoms with E-state index in [4.69, 9.17) is 4.74 Å². The molecule has 2 heterocycles. The van der Waals surface area contributed by atoms with Gasteiger partial charge in [0.1, 0.15) is 5.82 Å². The molecule has 0 atom stereocenters. The molecule has 1 aliphatic heterocycles. The van der Waals surface area contributed by atoms with Crippen molar-refractivity contribution in [2.45, 2.75) is 26.7 Å². The highest BCUT2D eigenvalue weighted by Gasteiger charge is 2.21. The molecule has 0 spiro atoms. The molecule has 0 saturated carbocycles. The summed E-state index contributed by atoms with van der Waals surface area (Å²) in [6.45, 7) is 5.46. The lowest BCUT2D eigenvalue weighted by Gasteiger charge is -2.21. The molecule has 3 rings (SSSR count). The molecule has 24 heavy (non-hydrogen) atoms. The zero-order chi connectivity index (χ0) is 16.9. The van der Waals surface area contributed by atoms with Gasteiger partial charge in [-0.05, 0) is 49.9 Å². The van der Waals surface area contributed by atoms with Crippen LogP contribution in [-0.4, -0.2) is 24.1 Å². The Balaban J connectivity index is 1.64. The van der Waals surface area contributed by atoms with Crippen LogP contribution in [0.25, 0.3) is 0 Å². The third-order valence-electron chi connectivity index (χ3n) is 4.36. The van der Waals surface area contributed by atoms with E-state index in [9.17, 15) is 4.79 Å². The van der Waals surface area contributed by atoms with Crippen molar-refractivity contribution in [3.63, 3.8) is 0 Å². The van der Waals surface area contributed by atoms with Gasteiger partial charge in [-0.1, -0.05) is 18.2 Å². The fourth-order valence-electron chi connectivity index (χ4n) is 2.89. The van der Waals surface area contributed by atoms with Gasteiger partial charge in [0.15, 0.2) is 0 Å². The van der Waals surface area contributed by atoms with Crippen molar-refractivity contribution in [1.29, 1.82) is 0 Å². The Labute approximate surface area is 142 Å². The molecule has 1 fully saturated rings. The average molecular weight is 325 g/mol. The lowest BCUT2D eigenvalue weighted by molar-refractivity contribution is -0.122. The number of para-hydroxylation sites is 1. The molecule has 1 amide bonds. The molecule has 0 unspecified atom stereocenters. The second-order valence-electron chi connectivity index (χ2n) is 6.20. The topological polar surface area (TPSA) is 63.2 Å². The number of pyridine rings is 1. The molecule has 5 nitrogen and oxygen atoms in total. The molecule has 1 aromatic heterocycles. The molecule has 0 bridgehead atoms. The lowest BCUT2D eigenvalue weighted by Crippen LogP contribution is -2.28. The minimum atomic E-state index is 0.0335. The number of nitrogens with one attached hydrogen (secondary N) is 2. The van der Waals surface area contributed by atoms with Crippen molar-refractivity contribution in [2.75, 3.05) is 23.8 Å². The predicted molar refractivity (Wildman–Crippen MR) is 95.6 cm³/mol. The number of hydrogen-bond acceptors (Lipinski definition) is 4. The van der Waals surface area contributed by atoms with Crippen LogP contribution in [-0.2, 0) is 9.53 Å². The number of carbonyl (C=O) groups excluding carboxylic acids is 1. The van der Waals surface area contributed by atoms with Crippen LogP contribution in [0.15, 0.2) is 36.5 Å². The van der Waals surface area contributed by atoms with Crippen molar-refractivity contribution >= 4 is 23.1 Å². The summed E-state index contributed by atoms with van der Waals surface area (Å²) in [6.07, 6.45) is 3.25. The Morgan fingerprint density at radius 1 is 1.12 bits per heavy atom. The normalized spacial score (nSPS) is 15.1. The quantitative estimate of drug-likeness (QED) is 0.897. The molecule has 1 aromatic carbocycles. The first-order chi connectivity index (χ1) is 11.6. The molecule has 1 saturated heterocycles. The van der Waals surface area contributed by atoms with Crippen LogP contribution in [0.4, 0.5) is 17.2 Å². The van der Waals surface area contributed by atoms with Crippen molar-refractivity contribution in [1.82, 2.24) is 4.98 Å². The van der Waals surface area contributed by atoms with Crippen LogP contribution in [0.2, 0.25) is 0 Å². The van der Waals surface area contributed by atoms with Gasteiger partial charge in [-0.15, -0.1) is 0 Å². The third-order valence-corrected chi connectivity index (χ3v) is 4.36. The number of hydrogen-bond donors (Lipinski definition) is 2. The van der Waals surface area contributed by atoms with Gasteiger partial charge < -0.3 is 15.4 Å². The number of aromatic nitrogens is 1. The van der Waals surface area contributed by atoms with Gasteiger partial charge in [0.2, 0.25) is 5.91 Å². The first kappa shape index (κ1) is 16.5. The second-order valence-corrected chi connectivity index (χ2v) is 6.20. The van der Waals surface area contributed by atoms with Crippen molar-refractivity contribution in [3.05, 3.63) is 47.7 Å². The van der Waals surface area contributed by atoms with Crippen LogP contribution < -0.4 is 10.6 Å². The summed E-state index contributed by atoms with van der Waals surface area (Å²) in [5.41, 5.74) is 4.14. The van der Waals surface area contributed by atoms with Crippen LogP contribution in [0.5, 0.6) is 0 Å². The fraction of sp³-hybridized carbons (Fsp3) is 0.368. The Morgan fingerprint density at radius 3 is 2.46 bits per heavy atom. The zero-order valence-corrected chi connectivity index (χ0v) is 14.1. The van der Waals surface area contributed by atoms with Gasteiger partial charge in [-0.25, -0.2) is 4.98 Å². The number of amides is 1. The van der Waals surface area contributed by atoms with E-state index in [2.05, 4.69) is 41.6 Å². The van der Waals surface area contributed by atoms with Crippen molar-refractivity contribution in [3.8, 4) is 0 Å². The van der Waals surface area contributed by atoms with E-state index >= 15 is 0 Å². The summed E-state index contributed by atoms with van der Waals surface area (Å²) in [7, 11) is 0. The first-order valence-electron chi connectivity index (χ1n) is 8.31. The van der Waals surface area contributed by atoms with Gasteiger partial charge in [-0.2, -0.15) is 0 Å². The number of benzene rings is 1. The smallest absolute Gasteiger partial charge is 0.227 e. The molecule has 5 heteroatoms. The van der Waals surface area contributed by atoms with Gasteiger partial charge >= 0.3 is 0 Å². The summed E-state index contributed by atoms with van der Waals surface area (Å²) in [5.74, 6) is 0.846. The van der Waals surface area contributed by atoms with Crippen LogP contribution in [0, 0.1) is 19.8 Å². The fourth-order valence-corrected chi connectivity index (χ4v) is 2.89. The molecule has 2 N–H and O–H groups in total. The number of ether oxygens (including phenoxy) is 1. The van der Waals surface area contributed by atoms with E-state index in [1.54, 1.807) is 6.20 Å². The summed E-state index contributed by atoms with van der Waals surface area (Å²) in [6, 6.07) is 9.93. The Morgan fingerprint density at radius 2 is 1.83 bits per heavy atom. The van der Waals surface area contributed by atoms with Crippen molar-refractivity contribution in [2.24, 2.45) is 5.92 Å². The van der Waals surface area contributed by atoms with E-state index in [-0.39, 0.29) is 11.8 Å². The van der Waals surface area contributed by atoms with Gasteiger partial charge in [0.05, 0.1) is 11.9 Å². The van der Waals surface area contributed by atoms with Crippen LogP contribution in [0.1, 0.15) is 24.0 Å². The lowest BCUT2D eigenvalue weighted by atomic mass is 9.99. The van der Waals surface area contributed by atoms with E-state index in [0.29, 0.717) is 13.2 Å². The van der Waals surface area contributed by atoms with E-state index < -0.39 is 0 Å². The highest BCUT2D eigenvalue weighted by atomic mass is 16.5. The molecular formula is C19H23N3O2. The first-order valence-corrected chi connectivity index (χ1v) is 8.31. The van der Waals surface area contributed by atoms with Crippen LogP contribution in [0.3, 0.4) is 0 Å². The largest absolute Gasteiger partial charge is 0.381 e. The van der Waals surface area contributed by atoms with Gasteiger partial charge in [-0.3, -0.25) is 4.79 Å². The zero-order valence-electron chi connectivity index (χ0n) is 14.1. The SMILES string of the molecule is Cc1cccc(C)c1Nc1ccc(NC(=O)C2CCOCC2)cn1. The van der Waals surface area contributed by atoms with Gasteiger partial charge in [0.25, 0.3) is 0 Å². The van der Waals surface area contributed by atoms with E-state index in [1.165, 1.54) is 11.1 Å². The summed E-state index contributed by atoms with van der Waals surface area (Å²) >= 11 is 0. The van der Waals surface area contributed by atoms with Crippen molar-refractivity contribution < 1.29 is 9.53 Å². The average Bonchev–Trinajstić information content (AvgIpc) is 2.60. The maximum absolute atomic E-state index is 12.2. The summed E-state index contributed by atoms with van der Waals surface area (Å²) in [5, 5.41) is 6.28. The molecule has 1 aliphatic rings. The molecule has 2 aromatic rings. The summed E-state index contributed by atoms with van der Waals surface area (Å²) in [4.78, 5) is 16.6. The highest BCUT2D eigenvalue weighted by Crippen LogP contribution is 2.24. The van der Waals surface area contributed by atoms with E-state index in [1.807, 2.05) is 18.2 Å². The number of aryl methyl sites for hydroxylation is 2. The third kappa shape index (κ3) is 3.92. The summed E-state index contributed by atoms with van der Waals surface area (Å²) < 4.78 is 5.29. The van der Waals surface area contributed by atoms with Crippen LogP contribution >= 0.6 is 0 Å². The molecule has 126 valence electrons. The highest BCUT2D eigenvalue weighted by molar-refractivity contribution is 5.92. The monoisotopic (exact) mass is 325 g/mol. The molecule has 0 aliphatic carbocycles. The standard InChI is InChI=1S/C19H23N3O2/c1-13-4-3-5-14(2)18(13)22-17-7-6-16(12-20-17)21-19(23)15-8-10-24-11-9-15/h3-7,12,15H,8-11H2,1-2H3,(H,20,22)(H,21,23). The number of nitrogens with zero attached hydrogens (tertiary/aromatic N) is 1. The molecule has 0 radical (unpaired) electrons. The Bertz CT molecular complexity index is 687. The number of carbonyl (C=O) groups is 1. The number of anilines is 3. The minimum Gasteiger partial charge on any atom is -0.381 e. The minimum absolute atomic E-state index is 0.0335.